The summed E-state index contributed by atoms with van der Waals surface area (Å²) in [5, 5.41) is 14.2. The van der Waals surface area contributed by atoms with Crippen LogP contribution >= 0.6 is 11.8 Å². The van der Waals surface area contributed by atoms with Crippen molar-refractivity contribution in [1.82, 2.24) is 10.6 Å². The highest BCUT2D eigenvalue weighted by Gasteiger charge is 2.17. The van der Waals surface area contributed by atoms with Crippen molar-refractivity contribution in [2.24, 2.45) is 16.5 Å². The van der Waals surface area contributed by atoms with E-state index in [1.165, 1.54) is 17.8 Å². The standard InChI is InChI=1S/C20H23N5O4S/c21-20(22)25-14-6-4-5-13(9-14)19(29)23-11-17(26)24-15(10-18(27)28)12-30-16-7-2-1-3-8-16/h1-9,15H,10-12H2,(H,23,29)(H,24,26)(H,27,28)(H4,21,22,25)/t15-/m0/s1. The maximum atomic E-state index is 12.3. The summed E-state index contributed by atoms with van der Waals surface area (Å²) < 4.78 is 0. The zero-order valence-corrected chi connectivity index (χ0v) is 16.9. The van der Waals surface area contributed by atoms with Gasteiger partial charge in [0.1, 0.15) is 0 Å². The van der Waals surface area contributed by atoms with Crippen LogP contribution in [0, 0.1) is 0 Å². The van der Waals surface area contributed by atoms with E-state index in [0.717, 1.165) is 4.90 Å². The van der Waals surface area contributed by atoms with Crippen LogP contribution in [0.4, 0.5) is 5.69 Å². The number of hydrogen-bond acceptors (Lipinski definition) is 5. The van der Waals surface area contributed by atoms with Gasteiger partial charge in [0.05, 0.1) is 18.7 Å². The van der Waals surface area contributed by atoms with Crippen LogP contribution in [0.15, 0.2) is 64.5 Å². The van der Waals surface area contributed by atoms with Crippen molar-refractivity contribution in [2.45, 2.75) is 17.4 Å². The number of amides is 2. The Morgan fingerprint density at radius 3 is 2.47 bits per heavy atom. The van der Waals surface area contributed by atoms with Gasteiger partial charge in [0.2, 0.25) is 5.91 Å². The molecule has 0 aliphatic heterocycles. The summed E-state index contributed by atoms with van der Waals surface area (Å²) >= 11 is 1.44. The van der Waals surface area contributed by atoms with Crippen molar-refractivity contribution in [1.29, 1.82) is 0 Å². The van der Waals surface area contributed by atoms with E-state index in [2.05, 4.69) is 15.6 Å². The number of nitrogens with two attached hydrogens (primary N) is 2. The average molecular weight is 430 g/mol. The van der Waals surface area contributed by atoms with Crippen molar-refractivity contribution >= 4 is 41.2 Å². The number of carbonyl (C=O) groups excluding carboxylic acids is 2. The van der Waals surface area contributed by atoms with Crippen LogP contribution in [-0.4, -0.2) is 47.2 Å². The lowest BCUT2D eigenvalue weighted by atomic mass is 10.2. The minimum atomic E-state index is -1.02. The Hall–Kier alpha value is -3.53. The molecule has 0 fully saturated rings. The first-order chi connectivity index (χ1) is 14.3. The van der Waals surface area contributed by atoms with E-state index in [4.69, 9.17) is 16.6 Å². The molecule has 9 nitrogen and oxygen atoms in total. The van der Waals surface area contributed by atoms with Gasteiger partial charge in [-0.2, -0.15) is 0 Å². The van der Waals surface area contributed by atoms with Gasteiger partial charge in [0, 0.05) is 22.3 Å². The molecular weight excluding hydrogens is 406 g/mol. The smallest absolute Gasteiger partial charge is 0.305 e. The van der Waals surface area contributed by atoms with E-state index in [1.807, 2.05) is 30.3 Å². The number of aliphatic imine (C=N–C) groups is 1. The molecule has 0 bridgehead atoms. The number of carboxylic acids is 1. The molecule has 7 N–H and O–H groups in total. The number of carbonyl (C=O) groups is 3. The maximum absolute atomic E-state index is 12.3. The third-order valence-corrected chi connectivity index (χ3v) is 4.93. The Balaban J connectivity index is 1.89. The van der Waals surface area contributed by atoms with E-state index in [1.54, 1.807) is 18.2 Å². The van der Waals surface area contributed by atoms with Gasteiger partial charge < -0.3 is 27.2 Å². The summed E-state index contributed by atoms with van der Waals surface area (Å²) in [6.07, 6.45) is -0.222. The van der Waals surface area contributed by atoms with E-state index in [-0.39, 0.29) is 24.5 Å². The van der Waals surface area contributed by atoms with Crippen LogP contribution in [0.2, 0.25) is 0 Å². The summed E-state index contributed by atoms with van der Waals surface area (Å²) in [7, 11) is 0. The second-order valence-corrected chi connectivity index (χ2v) is 7.35. The Bertz CT molecular complexity index is 916. The molecule has 158 valence electrons. The van der Waals surface area contributed by atoms with Crippen LogP contribution in [-0.2, 0) is 9.59 Å². The molecule has 0 radical (unpaired) electrons. The van der Waals surface area contributed by atoms with Crippen LogP contribution in [0.25, 0.3) is 0 Å². The lowest BCUT2D eigenvalue weighted by molar-refractivity contribution is -0.137. The van der Waals surface area contributed by atoms with Crippen molar-refractivity contribution in [3.63, 3.8) is 0 Å². The normalized spacial score (nSPS) is 11.2. The molecule has 0 saturated heterocycles. The van der Waals surface area contributed by atoms with Crippen LogP contribution in [0.5, 0.6) is 0 Å². The summed E-state index contributed by atoms with van der Waals surface area (Å²) in [6, 6.07) is 15.2. The lowest BCUT2D eigenvalue weighted by Gasteiger charge is -2.17. The molecular formula is C20H23N5O4S. The molecule has 2 rings (SSSR count). The minimum Gasteiger partial charge on any atom is -0.481 e. The van der Waals surface area contributed by atoms with Gasteiger partial charge in [0.25, 0.3) is 5.91 Å². The van der Waals surface area contributed by atoms with Gasteiger partial charge in [-0.25, -0.2) is 4.99 Å². The number of rotatable bonds is 10. The van der Waals surface area contributed by atoms with E-state index >= 15 is 0 Å². The van der Waals surface area contributed by atoms with E-state index in [0.29, 0.717) is 11.4 Å². The Morgan fingerprint density at radius 2 is 1.80 bits per heavy atom. The Labute approximate surface area is 177 Å². The minimum absolute atomic E-state index is 0.134. The quantitative estimate of drug-likeness (QED) is 0.214. The molecule has 2 aromatic rings. The van der Waals surface area contributed by atoms with Gasteiger partial charge >= 0.3 is 5.97 Å². The topological polar surface area (TPSA) is 160 Å². The highest BCUT2D eigenvalue weighted by Crippen LogP contribution is 2.19. The summed E-state index contributed by atoms with van der Waals surface area (Å²) in [4.78, 5) is 40.4. The van der Waals surface area contributed by atoms with Crippen molar-refractivity contribution < 1.29 is 19.5 Å². The van der Waals surface area contributed by atoms with Gasteiger partial charge in [0.15, 0.2) is 5.96 Å². The fourth-order valence-electron chi connectivity index (χ4n) is 2.48. The van der Waals surface area contributed by atoms with Gasteiger partial charge in [-0.3, -0.25) is 14.4 Å². The number of aliphatic carboxylic acids is 1. The number of thioether (sulfide) groups is 1. The molecule has 0 unspecified atom stereocenters. The van der Waals surface area contributed by atoms with Gasteiger partial charge in [-0.15, -0.1) is 11.8 Å². The first kappa shape index (κ1) is 22.8. The highest BCUT2D eigenvalue weighted by molar-refractivity contribution is 7.99. The number of nitrogens with one attached hydrogen (secondary N) is 2. The first-order valence-corrected chi connectivity index (χ1v) is 9.99. The number of guanidine groups is 1. The molecule has 0 aliphatic rings. The molecule has 30 heavy (non-hydrogen) atoms. The zero-order chi connectivity index (χ0) is 21.9. The monoisotopic (exact) mass is 429 g/mol. The largest absolute Gasteiger partial charge is 0.481 e. The second-order valence-electron chi connectivity index (χ2n) is 6.26. The predicted molar refractivity (Wildman–Crippen MR) is 116 cm³/mol. The van der Waals surface area contributed by atoms with Crippen LogP contribution < -0.4 is 22.1 Å². The molecule has 0 spiro atoms. The molecule has 10 heteroatoms. The molecule has 2 aromatic carbocycles. The molecule has 0 aromatic heterocycles. The second kappa shape index (κ2) is 11.5. The SMILES string of the molecule is NC(N)=Nc1cccc(C(=O)NCC(=O)N[C@H](CSc2ccccc2)CC(=O)O)c1. The third kappa shape index (κ3) is 8.23. The average Bonchev–Trinajstić information content (AvgIpc) is 2.70. The molecule has 0 aliphatic carbocycles. The van der Waals surface area contributed by atoms with Gasteiger partial charge in [-0.1, -0.05) is 24.3 Å². The zero-order valence-electron chi connectivity index (χ0n) is 16.1. The molecule has 0 heterocycles. The lowest BCUT2D eigenvalue weighted by Crippen LogP contribution is -2.44. The predicted octanol–water partition coefficient (Wildman–Crippen LogP) is 1.07. The number of benzene rings is 2. The maximum Gasteiger partial charge on any atom is 0.305 e. The summed E-state index contributed by atoms with van der Waals surface area (Å²) in [6.45, 7) is -0.294. The fourth-order valence-corrected chi connectivity index (χ4v) is 3.43. The third-order valence-electron chi connectivity index (χ3n) is 3.76. The van der Waals surface area contributed by atoms with E-state index < -0.39 is 23.8 Å². The van der Waals surface area contributed by atoms with Gasteiger partial charge in [-0.05, 0) is 30.3 Å². The van der Waals surface area contributed by atoms with Crippen LogP contribution in [0.3, 0.4) is 0 Å². The highest BCUT2D eigenvalue weighted by atomic mass is 32.2. The Kier molecular flexibility index (Phi) is 8.70. The summed E-state index contributed by atoms with van der Waals surface area (Å²) in [5.41, 5.74) is 11.3. The first-order valence-electron chi connectivity index (χ1n) is 9.00. The number of nitrogens with zero attached hydrogens (tertiary/aromatic N) is 1. The van der Waals surface area contributed by atoms with E-state index in [9.17, 15) is 14.4 Å². The Morgan fingerprint density at radius 1 is 1.07 bits per heavy atom. The molecule has 0 saturated carbocycles. The van der Waals surface area contributed by atoms with Crippen molar-refractivity contribution in [3.8, 4) is 0 Å². The van der Waals surface area contributed by atoms with Crippen molar-refractivity contribution in [2.75, 3.05) is 12.3 Å². The van der Waals surface area contributed by atoms with Crippen LogP contribution in [0.1, 0.15) is 16.8 Å². The summed E-state index contributed by atoms with van der Waals surface area (Å²) in [5.74, 6) is -1.73. The molecule has 2 amide bonds. The van der Waals surface area contributed by atoms with Crippen molar-refractivity contribution in [3.05, 3.63) is 60.2 Å². The number of carboxylic acid groups (broad SMARTS) is 1. The number of hydrogen-bond donors (Lipinski definition) is 5. The molecule has 1 atom stereocenters. The fraction of sp³-hybridized carbons (Fsp3) is 0.200.